The fourth-order valence-corrected chi connectivity index (χ4v) is 1.29. The predicted octanol–water partition coefficient (Wildman–Crippen LogP) is 0.515. The molecular formula is C8H16N2O2. The Morgan fingerprint density at radius 2 is 2.58 bits per heavy atom. The van der Waals surface area contributed by atoms with Crippen LogP contribution in [-0.2, 0) is 9.47 Å². The van der Waals surface area contributed by atoms with E-state index in [4.69, 9.17) is 15.2 Å². The molecule has 2 atom stereocenters. The molecule has 0 aliphatic carbocycles. The van der Waals surface area contributed by atoms with E-state index in [2.05, 4.69) is 4.99 Å². The number of nitrogens with two attached hydrogens (primary N) is 1. The van der Waals surface area contributed by atoms with E-state index in [1.54, 1.807) is 0 Å². The van der Waals surface area contributed by atoms with E-state index >= 15 is 0 Å². The molecule has 4 heteroatoms. The van der Waals surface area contributed by atoms with Crippen LogP contribution in [0.5, 0.6) is 0 Å². The number of amidine groups is 1. The number of ether oxygens (including phenoxy) is 2. The maximum Gasteiger partial charge on any atom is 0.282 e. The van der Waals surface area contributed by atoms with Crippen LogP contribution >= 0.6 is 0 Å². The zero-order chi connectivity index (χ0) is 8.97. The largest absolute Gasteiger partial charge is 0.463 e. The first-order valence-corrected chi connectivity index (χ1v) is 4.30. The van der Waals surface area contributed by atoms with Gasteiger partial charge < -0.3 is 15.2 Å². The van der Waals surface area contributed by atoms with Crippen molar-refractivity contribution in [3.05, 3.63) is 0 Å². The minimum absolute atomic E-state index is 0.187. The Morgan fingerprint density at radius 1 is 1.83 bits per heavy atom. The Bertz CT molecular complexity index is 170. The molecule has 0 aromatic carbocycles. The Morgan fingerprint density at radius 3 is 3.08 bits per heavy atom. The van der Waals surface area contributed by atoms with Gasteiger partial charge in [-0.3, -0.25) is 0 Å². The summed E-state index contributed by atoms with van der Waals surface area (Å²) in [5.74, 6) is 0. The topological polar surface area (TPSA) is 56.8 Å². The van der Waals surface area contributed by atoms with Crippen molar-refractivity contribution >= 4 is 6.02 Å². The summed E-state index contributed by atoms with van der Waals surface area (Å²) in [6.45, 7) is 5.37. The highest BCUT2D eigenvalue weighted by atomic mass is 16.5. The van der Waals surface area contributed by atoms with Gasteiger partial charge in [-0.25, -0.2) is 4.99 Å². The molecule has 4 nitrogen and oxygen atoms in total. The van der Waals surface area contributed by atoms with Gasteiger partial charge >= 0.3 is 0 Å². The smallest absolute Gasteiger partial charge is 0.282 e. The van der Waals surface area contributed by atoms with Crippen molar-refractivity contribution in [2.75, 3.05) is 13.2 Å². The minimum Gasteiger partial charge on any atom is -0.463 e. The molecule has 0 unspecified atom stereocenters. The molecule has 0 spiro atoms. The maximum absolute atomic E-state index is 5.37. The van der Waals surface area contributed by atoms with Crippen molar-refractivity contribution in [2.24, 2.45) is 10.7 Å². The lowest BCUT2D eigenvalue weighted by molar-refractivity contribution is 0.0634. The van der Waals surface area contributed by atoms with Gasteiger partial charge in [-0.15, -0.1) is 0 Å². The summed E-state index contributed by atoms with van der Waals surface area (Å²) in [4.78, 5) is 4.10. The first-order valence-electron chi connectivity index (χ1n) is 4.30. The molecule has 0 radical (unpaired) electrons. The Labute approximate surface area is 72.8 Å². The van der Waals surface area contributed by atoms with E-state index in [-0.39, 0.29) is 12.1 Å². The highest BCUT2D eigenvalue weighted by Crippen LogP contribution is 2.10. The number of hydrogen-bond acceptors (Lipinski definition) is 4. The second kappa shape index (κ2) is 4.30. The summed E-state index contributed by atoms with van der Waals surface area (Å²) < 4.78 is 10.4. The van der Waals surface area contributed by atoms with E-state index in [1.807, 2.05) is 13.8 Å². The van der Waals surface area contributed by atoms with Crippen molar-refractivity contribution in [3.63, 3.8) is 0 Å². The van der Waals surface area contributed by atoms with Gasteiger partial charge in [-0.2, -0.15) is 0 Å². The fourth-order valence-electron chi connectivity index (χ4n) is 1.29. The van der Waals surface area contributed by atoms with Crippen LogP contribution in [0.25, 0.3) is 0 Å². The molecular weight excluding hydrogens is 156 g/mol. The lowest BCUT2D eigenvalue weighted by Crippen LogP contribution is -2.17. The van der Waals surface area contributed by atoms with Gasteiger partial charge in [0.1, 0.15) is 6.61 Å². The van der Waals surface area contributed by atoms with Gasteiger partial charge in [-0.1, -0.05) is 0 Å². The highest BCUT2D eigenvalue weighted by molar-refractivity contribution is 5.72. The van der Waals surface area contributed by atoms with Crippen LogP contribution in [0, 0.1) is 0 Å². The average Bonchev–Trinajstić information content (AvgIpc) is 2.36. The van der Waals surface area contributed by atoms with E-state index < -0.39 is 0 Å². The van der Waals surface area contributed by atoms with Gasteiger partial charge in [0.25, 0.3) is 6.02 Å². The van der Waals surface area contributed by atoms with Gasteiger partial charge in [-0.05, 0) is 20.3 Å². The summed E-state index contributed by atoms with van der Waals surface area (Å²) in [6.07, 6.45) is 1.12. The number of nitrogens with zero attached hydrogens (tertiary/aromatic N) is 1. The van der Waals surface area contributed by atoms with Crippen LogP contribution in [0.15, 0.2) is 4.99 Å². The summed E-state index contributed by atoms with van der Waals surface area (Å²) in [5, 5.41) is 0. The standard InChI is InChI=1S/C8H16N2O2/c1-3-11-6(2)4-7-5-12-8(9)10-7/h6-7H,3-5H2,1-2H3,(H2,9,10)/t6-,7+/m1/s1. The van der Waals surface area contributed by atoms with E-state index in [9.17, 15) is 0 Å². The zero-order valence-corrected chi connectivity index (χ0v) is 7.62. The fraction of sp³-hybridized carbons (Fsp3) is 0.875. The third kappa shape index (κ3) is 2.70. The molecule has 0 aromatic rings. The number of aliphatic imine (C=N–C) groups is 1. The minimum atomic E-state index is 0.187. The van der Waals surface area contributed by atoms with Crippen LogP contribution in [0.3, 0.4) is 0 Å². The molecule has 0 amide bonds. The zero-order valence-electron chi connectivity index (χ0n) is 7.62. The van der Waals surface area contributed by atoms with Crippen LogP contribution in [0.1, 0.15) is 20.3 Å². The Hall–Kier alpha value is -0.770. The van der Waals surface area contributed by atoms with Crippen LogP contribution < -0.4 is 5.73 Å². The Balaban J connectivity index is 2.23. The lowest BCUT2D eigenvalue weighted by Gasteiger charge is -2.12. The molecule has 70 valence electrons. The molecule has 0 saturated heterocycles. The highest BCUT2D eigenvalue weighted by Gasteiger charge is 2.19. The SMILES string of the molecule is CCO[C@H](C)C[C@H]1COC(N)=N1. The second-order valence-corrected chi connectivity index (χ2v) is 2.93. The molecule has 0 aromatic heterocycles. The molecule has 1 heterocycles. The molecule has 12 heavy (non-hydrogen) atoms. The normalized spacial score (nSPS) is 24.8. The summed E-state index contributed by atoms with van der Waals surface area (Å²) in [6, 6.07) is 0.496. The van der Waals surface area contributed by atoms with Crippen molar-refractivity contribution in [1.29, 1.82) is 0 Å². The Kier molecular flexibility index (Phi) is 3.34. The third-order valence-electron chi connectivity index (χ3n) is 1.79. The van der Waals surface area contributed by atoms with Gasteiger partial charge in [0.05, 0.1) is 12.1 Å². The van der Waals surface area contributed by atoms with Crippen LogP contribution in [0.2, 0.25) is 0 Å². The monoisotopic (exact) mass is 172 g/mol. The quantitative estimate of drug-likeness (QED) is 0.672. The summed E-state index contributed by atoms with van der Waals surface area (Å²) in [7, 11) is 0. The van der Waals surface area contributed by atoms with Crippen molar-refractivity contribution in [1.82, 2.24) is 0 Å². The summed E-state index contributed by atoms with van der Waals surface area (Å²) >= 11 is 0. The summed E-state index contributed by atoms with van der Waals surface area (Å²) in [5.41, 5.74) is 5.36. The third-order valence-corrected chi connectivity index (χ3v) is 1.79. The molecule has 0 saturated carbocycles. The van der Waals surface area contributed by atoms with Gasteiger partial charge in [0, 0.05) is 6.61 Å². The molecule has 1 rings (SSSR count). The predicted molar refractivity (Wildman–Crippen MR) is 47.1 cm³/mol. The van der Waals surface area contributed by atoms with Gasteiger partial charge in [0.15, 0.2) is 0 Å². The number of rotatable bonds is 4. The first-order chi connectivity index (χ1) is 5.72. The van der Waals surface area contributed by atoms with Crippen molar-refractivity contribution < 1.29 is 9.47 Å². The van der Waals surface area contributed by atoms with E-state index in [0.717, 1.165) is 13.0 Å². The average molecular weight is 172 g/mol. The molecule has 2 N–H and O–H groups in total. The molecule has 0 bridgehead atoms. The van der Waals surface area contributed by atoms with Crippen LogP contribution in [0.4, 0.5) is 0 Å². The van der Waals surface area contributed by atoms with E-state index in [0.29, 0.717) is 12.6 Å². The van der Waals surface area contributed by atoms with Crippen molar-refractivity contribution in [2.45, 2.75) is 32.4 Å². The van der Waals surface area contributed by atoms with Crippen LogP contribution in [-0.4, -0.2) is 31.4 Å². The van der Waals surface area contributed by atoms with Crippen molar-refractivity contribution in [3.8, 4) is 0 Å². The van der Waals surface area contributed by atoms with Gasteiger partial charge in [0.2, 0.25) is 0 Å². The van der Waals surface area contributed by atoms with E-state index in [1.165, 1.54) is 0 Å². The molecule has 1 aliphatic heterocycles. The maximum atomic E-state index is 5.37. The first kappa shape index (κ1) is 9.32. The second-order valence-electron chi connectivity index (χ2n) is 2.93. The lowest BCUT2D eigenvalue weighted by atomic mass is 10.1. The molecule has 0 fully saturated rings. The number of hydrogen-bond donors (Lipinski definition) is 1. The molecule has 1 aliphatic rings.